The number of nitrogens with zero attached hydrogens (tertiary/aromatic N) is 1. The zero-order valence-corrected chi connectivity index (χ0v) is 17.5. The highest BCUT2D eigenvalue weighted by Crippen LogP contribution is 2.17. The number of benzene rings is 2. The molecule has 0 fully saturated rings. The molecule has 0 aliphatic heterocycles. The van der Waals surface area contributed by atoms with Crippen molar-refractivity contribution >= 4 is 10.0 Å². The molecule has 5 heteroatoms. The highest BCUT2D eigenvalue weighted by Gasteiger charge is 2.22. The molecule has 0 heterocycles. The molecule has 0 unspecified atom stereocenters. The first-order chi connectivity index (χ1) is 13.3. The van der Waals surface area contributed by atoms with Crippen LogP contribution in [0.3, 0.4) is 0 Å². The maximum absolute atomic E-state index is 13.1. The van der Waals surface area contributed by atoms with Crippen LogP contribution >= 0.6 is 0 Å². The predicted octanol–water partition coefficient (Wildman–Crippen LogP) is 4.17. The Labute approximate surface area is 168 Å². The topological polar surface area (TPSA) is 46.6 Å². The van der Waals surface area contributed by atoms with Crippen LogP contribution < -0.4 is 4.74 Å². The molecule has 146 valence electrons. The number of ether oxygens (including phenoxy) is 1. The third-order valence-electron chi connectivity index (χ3n) is 3.93. The predicted molar refractivity (Wildman–Crippen MR) is 113 cm³/mol. The third kappa shape index (κ3) is 5.87. The van der Waals surface area contributed by atoms with Crippen molar-refractivity contribution in [2.75, 3.05) is 20.2 Å². The molecule has 0 radical (unpaired) electrons. The Hall–Kier alpha value is -2.77. The summed E-state index contributed by atoms with van der Waals surface area (Å²) < 4.78 is 32.8. The smallest absolute Gasteiger partial charge is 0.244 e. The molecule has 0 saturated carbocycles. The lowest BCUT2D eigenvalue weighted by molar-refractivity contribution is 0.413. The molecule has 28 heavy (non-hydrogen) atoms. The second kappa shape index (κ2) is 9.96. The molecule has 0 saturated heterocycles. The first-order valence-corrected chi connectivity index (χ1v) is 10.4. The van der Waals surface area contributed by atoms with Crippen molar-refractivity contribution in [3.05, 3.63) is 77.0 Å². The van der Waals surface area contributed by atoms with E-state index in [0.29, 0.717) is 5.75 Å². The van der Waals surface area contributed by atoms with Gasteiger partial charge < -0.3 is 4.74 Å². The summed E-state index contributed by atoms with van der Waals surface area (Å²) in [5.41, 5.74) is 5.76. The van der Waals surface area contributed by atoms with Crippen molar-refractivity contribution in [1.82, 2.24) is 4.31 Å². The summed E-state index contributed by atoms with van der Waals surface area (Å²) in [4.78, 5) is 0.253. The molecule has 0 spiro atoms. The molecule has 0 N–H and O–H groups in total. The zero-order chi connectivity index (χ0) is 20.6. The van der Waals surface area contributed by atoms with Crippen molar-refractivity contribution in [1.29, 1.82) is 0 Å². The van der Waals surface area contributed by atoms with Gasteiger partial charge >= 0.3 is 0 Å². The van der Waals surface area contributed by atoms with E-state index in [2.05, 4.69) is 17.6 Å². The van der Waals surface area contributed by atoms with E-state index in [1.165, 1.54) is 4.31 Å². The number of aryl methyl sites for hydroxylation is 1. The Morgan fingerprint density at radius 3 is 2.43 bits per heavy atom. The Kier molecular flexibility index (Phi) is 7.66. The minimum Gasteiger partial charge on any atom is -0.495 e. The van der Waals surface area contributed by atoms with Gasteiger partial charge in [0, 0.05) is 6.54 Å². The quantitative estimate of drug-likeness (QED) is 0.545. The van der Waals surface area contributed by atoms with Crippen molar-refractivity contribution < 1.29 is 13.2 Å². The van der Waals surface area contributed by atoms with Gasteiger partial charge in [-0.25, -0.2) is 8.42 Å². The highest BCUT2D eigenvalue weighted by molar-refractivity contribution is 7.89. The number of para-hydroxylation sites is 1. The van der Waals surface area contributed by atoms with E-state index in [1.54, 1.807) is 37.5 Å². The van der Waals surface area contributed by atoms with E-state index in [1.807, 2.05) is 45.0 Å². The summed E-state index contributed by atoms with van der Waals surface area (Å²) in [6, 6.07) is 14.2. The van der Waals surface area contributed by atoms with Crippen LogP contribution in [0, 0.1) is 18.8 Å². The lowest BCUT2D eigenvalue weighted by atomic mass is 10.2. The van der Waals surface area contributed by atoms with Gasteiger partial charge in [-0.3, -0.25) is 0 Å². The van der Waals surface area contributed by atoms with Crippen molar-refractivity contribution in [3.8, 4) is 17.6 Å². The highest BCUT2D eigenvalue weighted by atomic mass is 32.2. The first-order valence-electron chi connectivity index (χ1n) is 8.91. The van der Waals surface area contributed by atoms with Crippen molar-refractivity contribution in [3.63, 3.8) is 0 Å². The van der Waals surface area contributed by atoms with Gasteiger partial charge in [-0.1, -0.05) is 41.7 Å². The molecular formula is C23H25NO3S. The van der Waals surface area contributed by atoms with Crippen LogP contribution in [-0.4, -0.2) is 32.9 Å². The fourth-order valence-electron chi connectivity index (χ4n) is 2.43. The standard InChI is InChI=1S/C23H25NO3S/c1-19(2)9-7-17-24(28(25,26)22-15-13-20(3)14-16-22)18-8-11-21-10-5-6-12-23(21)27-4/h5-7,10,12-16H,17-18H2,1-4H3. The summed E-state index contributed by atoms with van der Waals surface area (Å²) in [5.74, 6) is 6.63. The summed E-state index contributed by atoms with van der Waals surface area (Å²) >= 11 is 0. The third-order valence-corrected chi connectivity index (χ3v) is 5.76. The van der Waals surface area contributed by atoms with Crippen LogP contribution in [0.4, 0.5) is 0 Å². The Morgan fingerprint density at radius 1 is 1.11 bits per heavy atom. The second-order valence-electron chi connectivity index (χ2n) is 6.46. The molecule has 0 amide bonds. The van der Waals surface area contributed by atoms with Crippen molar-refractivity contribution in [2.24, 2.45) is 0 Å². The van der Waals surface area contributed by atoms with Crippen LogP contribution in [0.25, 0.3) is 0 Å². The molecular weight excluding hydrogens is 370 g/mol. The number of hydrogen-bond donors (Lipinski definition) is 0. The van der Waals surface area contributed by atoms with E-state index in [4.69, 9.17) is 4.74 Å². The van der Waals surface area contributed by atoms with Gasteiger partial charge in [-0.15, -0.1) is 5.73 Å². The SMILES string of the molecule is COc1ccccc1C#CCN(CC=C=C(C)C)S(=O)(=O)c1ccc(C)cc1. The molecule has 0 aromatic heterocycles. The molecule has 2 rings (SSSR count). The average molecular weight is 396 g/mol. The number of rotatable bonds is 6. The minimum atomic E-state index is -3.67. The van der Waals surface area contributed by atoms with Gasteiger partial charge in [0.05, 0.1) is 24.1 Å². The number of methoxy groups -OCH3 is 1. The van der Waals surface area contributed by atoms with E-state index >= 15 is 0 Å². The lowest BCUT2D eigenvalue weighted by Crippen LogP contribution is -2.31. The first kappa shape index (κ1) is 21.5. The van der Waals surface area contributed by atoms with Crippen LogP contribution in [0.5, 0.6) is 5.75 Å². The normalized spacial score (nSPS) is 10.6. The van der Waals surface area contributed by atoms with Crippen LogP contribution in [0.15, 0.2) is 70.8 Å². The van der Waals surface area contributed by atoms with Gasteiger partial charge in [0.15, 0.2) is 0 Å². The molecule has 0 aliphatic carbocycles. The van der Waals surface area contributed by atoms with E-state index in [0.717, 1.165) is 16.7 Å². The van der Waals surface area contributed by atoms with E-state index in [9.17, 15) is 8.42 Å². The van der Waals surface area contributed by atoms with Gasteiger partial charge in [0.1, 0.15) is 5.75 Å². The largest absolute Gasteiger partial charge is 0.495 e. The average Bonchev–Trinajstić information content (AvgIpc) is 2.67. The van der Waals surface area contributed by atoms with Gasteiger partial charge in [0.2, 0.25) is 10.0 Å². The molecule has 4 nitrogen and oxygen atoms in total. The Balaban J connectivity index is 2.33. The van der Waals surface area contributed by atoms with Crippen molar-refractivity contribution in [2.45, 2.75) is 25.7 Å². The Morgan fingerprint density at radius 2 is 1.79 bits per heavy atom. The number of sulfonamides is 1. The molecule has 2 aromatic rings. The van der Waals surface area contributed by atoms with Crippen LogP contribution in [0.2, 0.25) is 0 Å². The zero-order valence-electron chi connectivity index (χ0n) is 16.7. The maximum Gasteiger partial charge on any atom is 0.244 e. The summed E-state index contributed by atoms with van der Waals surface area (Å²) in [7, 11) is -2.08. The van der Waals surface area contributed by atoms with Gasteiger partial charge in [0.25, 0.3) is 0 Å². The van der Waals surface area contributed by atoms with Gasteiger partial charge in [-0.2, -0.15) is 4.31 Å². The maximum atomic E-state index is 13.1. The molecule has 0 bridgehead atoms. The summed E-state index contributed by atoms with van der Waals surface area (Å²) in [5, 5.41) is 0. The molecule has 0 aliphatic rings. The fourth-order valence-corrected chi connectivity index (χ4v) is 3.71. The minimum absolute atomic E-state index is 0.0647. The Bertz CT molecular complexity index is 1030. The molecule has 0 atom stereocenters. The van der Waals surface area contributed by atoms with E-state index in [-0.39, 0.29) is 18.0 Å². The van der Waals surface area contributed by atoms with Gasteiger partial charge in [-0.05, 0) is 56.7 Å². The van der Waals surface area contributed by atoms with Crippen LogP contribution in [0.1, 0.15) is 25.0 Å². The summed E-state index contributed by atoms with van der Waals surface area (Å²) in [6.07, 6.45) is 1.71. The van der Waals surface area contributed by atoms with E-state index < -0.39 is 10.0 Å². The monoisotopic (exact) mass is 395 g/mol. The second-order valence-corrected chi connectivity index (χ2v) is 8.40. The number of hydrogen-bond acceptors (Lipinski definition) is 3. The molecule has 2 aromatic carbocycles. The fraction of sp³-hybridized carbons (Fsp3) is 0.261. The lowest BCUT2D eigenvalue weighted by Gasteiger charge is -2.18. The summed E-state index contributed by atoms with van der Waals surface area (Å²) in [6.45, 7) is 6.01. The van der Waals surface area contributed by atoms with Crippen LogP contribution in [-0.2, 0) is 10.0 Å².